The van der Waals surface area contributed by atoms with Crippen molar-refractivity contribution in [3.8, 4) is 0 Å². The minimum Gasteiger partial charge on any atom is -0.349 e. The first-order chi connectivity index (χ1) is 14.0. The van der Waals surface area contributed by atoms with Crippen molar-refractivity contribution in [2.24, 2.45) is 0 Å². The quantitative estimate of drug-likeness (QED) is 0.296. The molecule has 0 bridgehead atoms. The van der Waals surface area contributed by atoms with E-state index in [0.717, 1.165) is 12.1 Å². The standard InChI is InChI=1S/C17H19F3IN5O3S/c1-26(2)17(27)22-7-8-23-30(28,29)25-14-6-4-11(18)15(20)16(14)24-13-5-3-10(21)9-12(13)19/h3-6,9,23-25H,7-8H2,1-2H3,(H,22,27). The molecule has 0 saturated heterocycles. The van der Waals surface area contributed by atoms with Crippen LogP contribution in [0.3, 0.4) is 0 Å². The molecule has 0 fully saturated rings. The van der Waals surface area contributed by atoms with Gasteiger partial charge in [-0.2, -0.15) is 13.1 Å². The zero-order valence-electron chi connectivity index (χ0n) is 15.9. The van der Waals surface area contributed by atoms with E-state index in [4.69, 9.17) is 0 Å². The molecular weight excluding hydrogens is 538 g/mol. The Kier molecular flexibility index (Phi) is 8.14. The van der Waals surface area contributed by atoms with Crippen molar-refractivity contribution >= 4 is 55.9 Å². The molecule has 0 unspecified atom stereocenters. The van der Waals surface area contributed by atoms with E-state index in [0.29, 0.717) is 3.57 Å². The van der Waals surface area contributed by atoms with Gasteiger partial charge in [-0.15, -0.1) is 0 Å². The van der Waals surface area contributed by atoms with Crippen LogP contribution in [-0.4, -0.2) is 46.5 Å². The van der Waals surface area contributed by atoms with Crippen molar-refractivity contribution in [3.05, 3.63) is 51.4 Å². The molecule has 0 aliphatic heterocycles. The summed E-state index contributed by atoms with van der Waals surface area (Å²) in [6.07, 6.45) is 0. The first-order valence-electron chi connectivity index (χ1n) is 8.43. The van der Waals surface area contributed by atoms with E-state index in [1.54, 1.807) is 0 Å². The molecule has 164 valence electrons. The summed E-state index contributed by atoms with van der Waals surface area (Å²) in [6, 6.07) is 5.35. The van der Waals surface area contributed by atoms with Crippen LogP contribution < -0.4 is 20.1 Å². The van der Waals surface area contributed by atoms with E-state index in [1.807, 2.05) is 22.6 Å². The number of hydrogen-bond donors (Lipinski definition) is 4. The Labute approximate surface area is 185 Å². The van der Waals surface area contributed by atoms with E-state index < -0.39 is 39.4 Å². The lowest BCUT2D eigenvalue weighted by Gasteiger charge is -2.17. The predicted octanol–water partition coefficient (Wildman–Crippen LogP) is 2.97. The number of rotatable bonds is 8. The van der Waals surface area contributed by atoms with E-state index in [2.05, 4.69) is 20.1 Å². The maximum atomic E-state index is 14.3. The fourth-order valence-corrected chi connectivity index (χ4v) is 3.53. The molecule has 2 aromatic rings. The maximum absolute atomic E-state index is 14.3. The first-order valence-corrected chi connectivity index (χ1v) is 11.0. The Morgan fingerprint density at radius 2 is 1.70 bits per heavy atom. The van der Waals surface area contributed by atoms with Gasteiger partial charge in [0, 0.05) is 30.8 Å². The number of anilines is 3. The Bertz CT molecular complexity index is 1040. The van der Waals surface area contributed by atoms with Crippen LogP contribution in [-0.2, 0) is 10.2 Å². The van der Waals surface area contributed by atoms with Gasteiger partial charge in [-0.3, -0.25) is 4.72 Å². The molecule has 0 aliphatic carbocycles. The van der Waals surface area contributed by atoms with Gasteiger partial charge in [0.05, 0.1) is 11.4 Å². The Morgan fingerprint density at radius 1 is 1.03 bits per heavy atom. The molecule has 0 spiro atoms. The number of benzene rings is 2. The molecular formula is C17H19F3IN5O3S. The molecule has 2 aromatic carbocycles. The minimum absolute atomic E-state index is 0.00529. The smallest absolute Gasteiger partial charge is 0.316 e. The van der Waals surface area contributed by atoms with Gasteiger partial charge < -0.3 is 15.5 Å². The average Bonchev–Trinajstić information content (AvgIpc) is 2.66. The van der Waals surface area contributed by atoms with Crippen LogP contribution in [0.15, 0.2) is 30.3 Å². The van der Waals surface area contributed by atoms with Gasteiger partial charge in [-0.1, -0.05) is 0 Å². The molecule has 0 aromatic heterocycles. The summed E-state index contributed by atoms with van der Waals surface area (Å²) in [7, 11) is -1.16. The zero-order chi connectivity index (χ0) is 22.5. The van der Waals surface area contributed by atoms with Crippen molar-refractivity contribution in [3.63, 3.8) is 0 Å². The largest absolute Gasteiger partial charge is 0.349 e. The number of amides is 2. The van der Waals surface area contributed by atoms with Gasteiger partial charge in [0.25, 0.3) is 10.2 Å². The number of nitrogens with zero attached hydrogens (tertiary/aromatic N) is 1. The molecule has 4 N–H and O–H groups in total. The second-order valence-corrected chi connectivity index (χ2v) is 8.90. The highest BCUT2D eigenvalue weighted by Gasteiger charge is 2.19. The summed E-state index contributed by atoms with van der Waals surface area (Å²) in [5.41, 5.74) is -1.09. The molecule has 0 radical (unpaired) electrons. The highest BCUT2D eigenvalue weighted by atomic mass is 127. The van der Waals surface area contributed by atoms with E-state index in [-0.39, 0.29) is 24.5 Å². The summed E-state index contributed by atoms with van der Waals surface area (Å²) in [4.78, 5) is 12.7. The molecule has 0 atom stereocenters. The molecule has 8 nitrogen and oxygen atoms in total. The fourth-order valence-electron chi connectivity index (χ4n) is 2.18. The number of urea groups is 1. The van der Waals surface area contributed by atoms with Crippen molar-refractivity contribution in [1.29, 1.82) is 0 Å². The number of carbonyl (C=O) groups is 1. The van der Waals surface area contributed by atoms with Crippen LogP contribution in [0.25, 0.3) is 0 Å². The molecule has 0 heterocycles. The molecule has 2 amide bonds. The highest BCUT2D eigenvalue weighted by molar-refractivity contribution is 14.1. The lowest BCUT2D eigenvalue weighted by atomic mass is 10.2. The minimum atomic E-state index is -4.20. The summed E-state index contributed by atoms with van der Waals surface area (Å²) < 4.78 is 71.4. The zero-order valence-corrected chi connectivity index (χ0v) is 18.9. The summed E-state index contributed by atoms with van der Waals surface area (Å²) >= 11 is 1.88. The van der Waals surface area contributed by atoms with Crippen molar-refractivity contribution in [1.82, 2.24) is 14.9 Å². The monoisotopic (exact) mass is 557 g/mol. The number of carbonyl (C=O) groups excluding carboxylic acids is 1. The predicted molar refractivity (Wildman–Crippen MR) is 116 cm³/mol. The molecule has 0 saturated carbocycles. The lowest BCUT2D eigenvalue weighted by molar-refractivity contribution is 0.217. The van der Waals surface area contributed by atoms with Gasteiger partial charge in [0.1, 0.15) is 11.5 Å². The molecule has 30 heavy (non-hydrogen) atoms. The lowest BCUT2D eigenvalue weighted by Crippen LogP contribution is -2.40. The third kappa shape index (κ3) is 6.63. The number of hydrogen-bond acceptors (Lipinski definition) is 4. The SMILES string of the molecule is CN(C)C(=O)NCCNS(=O)(=O)Nc1ccc(F)c(F)c1Nc1ccc(I)cc1F. The maximum Gasteiger partial charge on any atom is 0.316 e. The van der Waals surface area contributed by atoms with E-state index in [9.17, 15) is 26.4 Å². The third-order valence-corrected chi connectivity index (χ3v) is 5.37. The molecule has 13 heteroatoms. The fraction of sp³-hybridized carbons (Fsp3) is 0.235. The summed E-state index contributed by atoms with van der Waals surface area (Å²) in [6.45, 7) is -0.165. The van der Waals surface area contributed by atoms with Crippen molar-refractivity contribution < 1.29 is 26.4 Å². The number of halogens is 4. The van der Waals surface area contributed by atoms with Gasteiger partial charge >= 0.3 is 6.03 Å². The Morgan fingerprint density at radius 3 is 2.33 bits per heavy atom. The van der Waals surface area contributed by atoms with Crippen LogP contribution in [0.5, 0.6) is 0 Å². The normalized spacial score (nSPS) is 11.1. The van der Waals surface area contributed by atoms with E-state index in [1.165, 1.54) is 37.2 Å². The first kappa shape index (κ1) is 24.0. The molecule has 2 rings (SSSR count). The second kappa shape index (κ2) is 10.2. The Balaban J connectivity index is 2.17. The summed E-state index contributed by atoms with van der Waals surface area (Å²) in [5, 5.41) is 4.84. The second-order valence-electron chi connectivity index (χ2n) is 6.16. The van der Waals surface area contributed by atoms with Gasteiger partial charge in [-0.05, 0) is 52.9 Å². The van der Waals surface area contributed by atoms with Crippen LogP contribution >= 0.6 is 22.6 Å². The molecule has 0 aliphatic rings. The third-order valence-electron chi connectivity index (χ3n) is 3.63. The van der Waals surface area contributed by atoms with Crippen LogP contribution in [0.1, 0.15) is 0 Å². The van der Waals surface area contributed by atoms with Gasteiger partial charge in [0.15, 0.2) is 11.6 Å². The van der Waals surface area contributed by atoms with Crippen molar-refractivity contribution in [2.75, 3.05) is 37.2 Å². The summed E-state index contributed by atoms with van der Waals surface area (Å²) in [5.74, 6) is -3.36. The van der Waals surface area contributed by atoms with Gasteiger partial charge in [-0.25, -0.2) is 18.0 Å². The van der Waals surface area contributed by atoms with Crippen LogP contribution in [0, 0.1) is 21.0 Å². The van der Waals surface area contributed by atoms with Crippen LogP contribution in [0.4, 0.5) is 35.0 Å². The highest BCUT2D eigenvalue weighted by Crippen LogP contribution is 2.32. The van der Waals surface area contributed by atoms with Crippen LogP contribution in [0.2, 0.25) is 0 Å². The van der Waals surface area contributed by atoms with E-state index >= 15 is 0 Å². The van der Waals surface area contributed by atoms with Crippen molar-refractivity contribution in [2.45, 2.75) is 0 Å². The average molecular weight is 557 g/mol. The topological polar surface area (TPSA) is 103 Å². The van der Waals surface area contributed by atoms with Gasteiger partial charge in [0.2, 0.25) is 0 Å². The Hall–Kier alpha value is -2.26. The number of nitrogens with one attached hydrogen (secondary N) is 4.